The van der Waals surface area contributed by atoms with Crippen LogP contribution < -0.4 is 20.1 Å². The first kappa shape index (κ1) is 24.0. The molecule has 9 nitrogen and oxygen atoms in total. The van der Waals surface area contributed by atoms with E-state index in [1.54, 1.807) is 39.5 Å². The molecule has 180 valence electrons. The summed E-state index contributed by atoms with van der Waals surface area (Å²) >= 11 is 0. The van der Waals surface area contributed by atoms with Crippen molar-refractivity contribution < 1.29 is 22.7 Å². The van der Waals surface area contributed by atoms with Gasteiger partial charge in [-0.1, -0.05) is 12.1 Å². The normalized spacial score (nSPS) is 11.2. The van der Waals surface area contributed by atoms with E-state index in [2.05, 4.69) is 20.6 Å². The zero-order valence-corrected chi connectivity index (χ0v) is 20.4. The second-order valence-corrected chi connectivity index (χ2v) is 9.72. The molecule has 0 saturated heterocycles. The summed E-state index contributed by atoms with van der Waals surface area (Å²) in [6.45, 7) is 0. The molecular weight excluding hydrogens is 468 g/mol. The Bertz CT molecular complexity index is 1520. The van der Waals surface area contributed by atoms with Gasteiger partial charge in [0.15, 0.2) is 21.3 Å². The molecule has 0 atom stereocenters. The third-order valence-corrected chi connectivity index (χ3v) is 6.49. The third-order valence-electron chi connectivity index (χ3n) is 5.36. The molecule has 0 radical (unpaired) electrons. The van der Waals surface area contributed by atoms with Crippen LogP contribution in [0.1, 0.15) is 10.4 Å². The van der Waals surface area contributed by atoms with E-state index in [0.29, 0.717) is 39.9 Å². The van der Waals surface area contributed by atoms with Crippen LogP contribution >= 0.6 is 0 Å². The number of nitrogens with zero attached hydrogens (tertiary/aromatic N) is 2. The molecule has 0 spiro atoms. The Kier molecular flexibility index (Phi) is 6.57. The highest BCUT2D eigenvalue weighted by atomic mass is 32.2. The number of benzene rings is 3. The van der Waals surface area contributed by atoms with Gasteiger partial charge in [-0.3, -0.25) is 4.79 Å². The quantitative estimate of drug-likeness (QED) is 0.397. The van der Waals surface area contributed by atoms with E-state index < -0.39 is 9.84 Å². The number of methoxy groups -OCH3 is 2. The SMILES string of the molecule is CNc1nc(-c2cccc(NC(=O)c3ccc(S(C)(=O)=O)cc3)c2)c2cc(OC)c(OC)cc2n1. The number of nitrogens with one attached hydrogen (secondary N) is 2. The summed E-state index contributed by atoms with van der Waals surface area (Å²) in [5.74, 6) is 1.16. The fourth-order valence-corrected chi connectivity index (χ4v) is 4.22. The van der Waals surface area contributed by atoms with Crippen molar-refractivity contribution in [2.45, 2.75) is 4.90 Å². The summed E-state index contributed by atoms with van der Waals surface area (Å²) in [6, 6.07) is 16.6. The molecule has 4 aromatic rings. The number of carbonyl (C=O) groups is 1. The number of aromatic nitrogens is 2. The van der Waals surface area contributed by atoms with Crippen molar-refractivity contribution in [3.05, 3.63) is 66.2 Å². The standard InChI is InChI=1S/C25H24N4O5S/c1-26-25-28-20-14-22(34-3)21(33-2)13-19(20)23(29-25)16-6-5-7-17(12-16)27-24(30)15-8-10-18(11-9-15)35(4,31)32/h5-14H,1-4H3,(H,27,30)(H,26,28,29). The van der Waals surface area contributed by atoms with Crippen LogP contribution in [0.25, 0.3) is 22.2 Å². The molecular formula is C25H24N4O5S. The predicted molar refractivity (Wildman–Crippen MR) is 135 cm³/mol. The largest absolute Gasteiger partial charge is 0.493 e. The molecule has 0 fully saturated rings. The summed E-state index contributed by atoms with van der Waals surface area (Å²) < 4.78 is 34.2. The van der Waals surface area contributed by atoms with Crippen molar-refractivity contribution in [1.82, 2.24) is 9.97 Å². The van der Waals surface area contributed by atoms with Gasteiger partial charge < -0.3 is 20.1 Å². The summed E-state index contributed by atoms with van der Waals surface area (Å²) in [5.41, 5.74) is 2.96. The number of anilines is 2. The fraction of sp³-hybridized carbons (Fsp3) is 0.160. The molecule has 0 bridgehead atoms. The maximum atomic E-state index is 12.8. The van der Waals surface area contributed by atoms with Gasteiger partial charge in [0.25, 0.3) is 5.91 Å². The van der Waals surface area contributed by atoms with Crippen LogP contribution in [-0.2, 0) is 9.84 Å². The zero-order chi connectivity index (χ0) is 25.2. The Morgan fingerprint density at radius 3 is 2.23 bits per heavy atom. The Balaban J connectivity index is 1.71. The van der Waals surface area contributed by atoms with Gasteiger partial charge in [0.2, 0.25) is 5.95 Å². The van der Waals surface area contributed by atoms with E-state index in [1.807, 2.05) is 18.2 Å². The topological polar surface area (TPSA) is 120 Å². The van der Waals surface area contributed by atoms with Gasteiger partial charge in [0.1, 0.15) is 0 Å². The molecule has 1 heterocycles. The molecule has 0 saturated carbocycles. The molecule has 1 amide bonds. The van der Waals surface area contributed by atoms with Crippen LogP contribution in [-0.4, -0.2) is 51.8 Å². The number of ether oxygens (including phenoxy) is 2. The highest BCUT2D eigenvalue weighted by Gasteiger charge is 2.16. The molecule has 2 N–H and O–H groups in total. The monoisotopic (exact) mass is 492 g/mol. The first-order valence-electron chi connectivity index (χ1n) is 10.6. The van der Waals surface area contributed by atoms with Gasteiger partial charge in [-0.25, -0.2) is 18.4 Å². The molecule has 3 aromatic carbocycles. The van der Waals surface area contributed by atoms with Crippen molar-refractivity contribution in [2.24, 2.45) is 0 Å². The maximum Gasteiger partial charge on any atom is 0.255 e. The van der Waals surface area contributed by atoms with Gasteiger partial charge in [-0.2, -0.15) is 0 Å². The number of amides is 1. The van der Waals surface area contributed by atoms with Crippen molar-refractivity contribution in [1.29, 1.82) is 0 Å². The molecule has 4 rings (SSSR count). The van der Waals surface area contributed by atoms with Crippen LogP contribution in [0.15, 0.2) is 65.6 Å². The molecule has 1 aromatic heterocycles. The third kappa shape index (κ3) is 5.02. The zero-order valence-electron chi connectivity index (χ0n) is 19.6. The second kappa shape index (κ2) is 9.59. The Morgan fingerprint density at radius 2 is 1.60 bits per heavy atom. The summed E-state index contributed by atoms with van der Waals surface area (Å²) in [7, 11) is 1.52. The van der Waals surface area contributed by atoms with E-state index in [-0.39, 0.29) is 10.8 Å². The molecule has 35 heavy (non-hydrogen) atoms. The van der Waals surface area contributed by atoms with E-state index in [9.17, 15) is 13.2 Å². The van der Waals surface area contributed by atoms with Gasteiger partial charge in [0, 0.05) is 41.6 Å². The first-order valence-corrected chi connectivity index (χ1v) is 12.5. The van der Waals surface area contributed by atoms with Crippen LogP contribution in [0.2, 0.25) is 0 Å². The molecule has 0 aliphatic heterocycles. The van der Waals surface area contributed by atoms with E-state index in [4.69, 9.17) is 9.47 Å². The summed E-state index contributed by atoms with van der Waals surface area (Å²) in [6.07, 6.45) is 1.12. The molecule has 0 unspecified atom stereocenters. The minimum Gasteiger partial charge on any atom is -0.493 e. The van der Waals surface area contributed by atoms with Crippen LogP contribution in [0.3, 0.4) is 0 Å². The summed E-state index contributed by atoms with van der Waals surface area (Å²) in [5, 5.41) is 6.58. The van der Waals surface area contributed by atoms with Crippen molar-refractivity contribution in [3.8, 4) is 22.8 Å². The lowest BCUT2D eigenvalue weighted by atomic mass is 10.0. The maximum absolute atomic E-state index is 12.8. The second-order valence-electron chi connectivity index (χ2n) is 7.70. The van der Waals surface area contributed by atoms with Crippen LogP contribution in [0, 0.1) is 0 Å². The van der Waals surface area contributed by atoms with E-state index >= 15 is 0 Å². The lowest BCUT2D eigenvalue weighted by molar-refractivity contribution is 0.102. The van der Waals surface area contributed by atoms with Gasteiger partial charge in [-0.15, -0.1) is 0 Å². The van der Waals surface area contributed by atoms with E-state index in [1.165, 1.54) is 24.3 Å². The number of hydrogen-bond donors (Lipinski definition) is 2. The van der Waals surface area contributed by atoms with Crippen LogP contribution in [0.5, 0.6) is 11.5 Å². The molecule has 10 heteroatoms. The Morgan fingerprint density at radius 1 is 0.914 bits per heavy atom. The number of fused-ring (bicyclic) bond motifs is 1. The lowest BCUT2D eigenvalue weighted by Crippen LogP contribution is -2.12. The Labute approximate surface area is 203 Å². The minimum atomic E-state index is -3.34. The molecule has 0 aliphatic rings. The number of hydrogen-bond acceptors (Lipinski definition) is 8. The number of rotatable bonds is 7. The van der Waals surface area contributed by atoms with Crippen molar-refractivity contribution in [3.63, 3.8) is 0 Å². The van der Waals surface area contributed by atoms with Crippen molar-refractivity contribution in [2.75, 3.05) is 38.2 Å². The number of carbonyl (C=O) groups excluding carboxylic acids is 1. The Hall–Kier alpha value is -4.18. The minimum absolute atomic E-state index is 0.152. The average Bonchev–Trinajstić information content (AvgIpc) is 2.86. The van der Waals surface area contributed by atoms with Crippen LogP contribution in [0.4, 0.5) is 11.6 Å². The number of sulfone groups is 1. The smallest absolute Gasteiger partial charge is 0.255 e. The fourth-order valence-electron chi connectivity index (χ4n) is 3.59. The van der Waals surface area contributed by atoms with Gasteiger partial charge >= 0.3 is 0 Å². The highest BCUT2D eigenvalue weighted by molar-refractivity contribution is 7.90. The van der Waals surface area contributed by atoms with Gasteiger partial charge in [0.05, 0.1) is 30.3 Å². The van der Waals surface area contributed by atoms with Gasteiger partial charge in [-0.05, 0) is 42.5 Å². The predicted octanol–water partition coefficient (Wildman–Crippen LogP) is 4.01. The molecule has 0 aliphatic carbocycles. The lowest BCUT2D eigenvalue weighted by Gasteiger charge is -2.13. The average molecular weight is 493 g/mol. The highest BCUT2D eigenvalue weighted by Crippen LogP contribution is 2.36. The van der Waals surface area contributed by atoms with Crippen molar-refractivity contribution >= 4 is 38.3 Å². The first-order chi connectivity index (χ1) is 16.7. The summed E-state index contributed by atoms with van der Waals surface area (Å²) in [4.78, 5) is 22.1. The van der Waals surface area contributed by atoms with E-state index in [0.717, 1.165) is 17.2 Å².